The van der Waals surface area contributed by atoms with Crippen LogP contribution in [-0.4, -0.2) is 12.1 Å². The third-order valence-corrected chi connectivity index (χ3v) is 2.13. The highest BCUT2D eigenvalue weighted by Crippen LogP contribution is 2.50. The van der Waals surface area contributed by atoms with E-state index in [0.717, 1.165) is 0 Å². The van der Waals surface area contributed by atoms with Crippen molar-refractivity contribution in [3.05, 3.63) is 11.6 Å². The minimum Gasteiger partial charge on any atom is -0.389 e. The van der Waals surface area contributed by atoms with Crippen molar-refractivity contribution >= 4 is 0 Å². The first-order valence-electron chi connectivity index (χ1n) is 17.1. The molecule has 16 heavy (non-hydrogen) atoms. The number of hydrogen-bond donors (Lipinski definition) is 1. The minimum atomic E-state index is -5.11. The maximum atomic E-state index is 9.28. The Hall–Kier alpha value is -0.300. The molecule has 0 unspecified atom stereocenters. The Morgan fingerprint density at radius 1 is 1.81 bits per heavy atom. The fourth-order valence-electron chi connectivity index (χ4n) is 1.35. The van der Waals surface area contributed by atoms with Gasteiger partial charge in [-0.05, 0) is 50.0 Å². The molecule has 0 aromatic heterocycles. The second-order valence-corrected chi connectivity index (χ2v) is 3.18. The van der Waals surface area contributed by atoms with Gasteiger partial charge in [0, 0.05) is 38.8 Å². The Balaban J connectivity index is 3.78. The molecule has 0 radical (unpaired) electrons. The Labute approximate surface area is 137 Å². The van der Waals surface area contributed by atoms with Gasteiger partial charge in [-0.2, -0.15) is 0 Å². The summed E-state index contributed by atoms with van der Waals surface area (Å²) >= 11 is 0. The molecular weight excluding hydrogens is 196 g/mol. The summed E-state index contributed by atoms with van der Waals surface area (Å²) in [6, 6.07) is -2.39. The Kier molecular flexibility index (Phi) is 0.486. The lowest BCUT2D eigenvalue weighted by Crippen LogP contribution is -2.52. The van der Waals surface area contributed by atoms with Crippen LogP contribution in [0.1, 0.15) is 87.2 Å². The van der Waals surface area contributed by atoms with E-state index in [1.54, 1.807) is 0 Å². The fourth-order valence-corrected chi connectivity index (χ4v) is 1.35. The van der Waals surface area contributed by atoms with Crippen molar-refractivity contribution in [3.63, 3.8) is 0 Å². The SMILES string of the molecule is [2H]O[C@@]12C([2H])([2H])C([2H])([2H])C(C([2H])([2H])[2H])=C([2H])[C@]1([2H])[C@]([2H])(C([2H])(C([2H])([2H])[2H])C([2H])([2H])[2H])C([2H])([2H])C([2H])([2H])[C@@]2([2H])C([2H])([2H])[2H]. The van der Waals surface area contributed by atoms with E-state index >= 15 is 0 Å². The number of allylic oxidation sites excluding steroid dienone is 1. The van der Waals surface area contributed by atoms with Gasteiger partial charge in [-0.25, -0.2) is 0 Å². The maximum Gasteiger partial charge on any atom is 0.211 e. The zero-order valence-corrected chi connectivity index (χ0v) is 7.91. The van der Waals surface area contributed by atoms with E-state index < -0.39 is 93.7 Å². The molecule has 0 saturated heterocycles. The normalized spacial score (nSPS) is 98.8. The highest BCUT2D eigenvalue weighted by atomic mass is 16.3. The summed E-state index contributed by atoms with van der Waals surface area (Å²) < 4.78 is 215. The highest BCUT2D eigenvalue weighted by molar-refractivity contribution is 5.17. The lowest BCUT2D eigenvalue weighted by atomic mass is 9.57. The lowest BCUT2D eigenvalue weighted by molar-refractivity contribution is -0.111. The molecule has 92 valence electrons. The van der Waals surface area contributed by atoms with Crippen LogP contribution in [0.15, 0.2) is 11.6 Å². The summed E-state index contributed by atoms with van der Waals surface area (Å²) in [6.45, 7) is -17.7. The molecule has 1 heteroatoms. The van der Waals surface area contributed by atoms with Crippen LogP contribution in [0.3, 0.4) is 0 Å². The minimum absolute atomic E-state index is 2.15. The molecule has 0 bridgehead atoms. The van der Waals surface area contributed by atoms with Crippen molar-refractivity contribution < 1.29 is 39.4 Å². The second-order valence-electron chi connectivity index (χ2n) is 3.18. The van der Waals surface area contributed by atoms with Crippen LogP contribution in [0, 0.1) is 23.6 Å². The van der Waals surface area contributed by atoms with Crippen LogP contribution in [0.4, 0.5) is 0 Å². The number of fused-ring (bicyclic) bond motifs is 1. The first kappa shape index (κ1) is 1.86. The fraction of sp³-hybridized carbons (Fsp3) is 0.867. The van der Waals surface area contributed by atoms with Crippen LogP contribution < -0.4 is 0 Å². The van der Waals surface area contributed by atoms with Gasteiger partial charge in [0.15, 0.2) is 0 Å². The summed E-state index contributed by atoms with van der Waals surface area (Å²) in [4.78, 5) is 0. The summed E-state index contributed by atoms with van der Waals surface area (Å²) in [5, 5.41) is 4.24. The smallest absolute Gasteiger partial charge is 0.211 e. The molecule has 0 aromatic carbocycles. The van der Waals surface area contributed by atoms with Crippen molar-refractivity contribution in [1.82, 2.24) is 0 Å². The van der Waals surface area contributed by atoms with Crippen LogP contribution in [0.2, 0.25) is 0 Å². The second kappa shape index (κ2) is 4.18. The summed E-state index contributed by atoms with van der Waals surface area (Å²) in [5.41, 5.74) is -7.11. The monoisotopic (exact) mass is 248 g/mol. The number of aliphatic hydroxyl groups is 1. The van der Waals surface area contributed by atoms with E-state index in [0.29, 0.717) is 0 Å². The molecule has 2 aliphatic carbocycles. The third-order valence-electron chi connectivity index (χ3n) is 2.13. The van der Waals surface area contributed by atoms with E-state index in [9.17, 15) is 1.37 Å². The Morgan fingerprint density at radius 3 is 3.44 bits per heavy atom. The van der Waals surface area contributed by atoms with Crippen LogP contribution in [-0.2, 0) is 0 Å². The first-order valence-corrected chi connectivity index (χ1v) is 4.20. The summed E-state index contributed by atoms with van der Waals surface area (Å²) in [5.74, 6) is -19.9. The van der Waals surface area contributed by atoms with Crippen LogP contribution in [0.5, 0.6) is 0 Å². The topological polar surface area (TPSA) is 20.2 Å². The third kappa shape index (κ3) is 1.84. The molecule has 4 atom stereocenters. The molecule has 0 amide bonds. The van der Waals surface area contributed by atoms with E-state index in [-0.39, 0.29) is 0 Å². The molecule has 1 fully saturated rings. The largest absolute Gasteiger partial charge is 0.389 e. The summed E-state index contributed by atoms with van der Waals surface area (Å²) in [6.07, 6.45) is -18.8. The van der Waals surface area contributed by atoms with Gasteiger partial charge in [0.05, 0.1) is 6.97 Å². The molecule has 0 aliphatic heterocycles. The van der Waals surface area contributed by atoms with Gasteiger partial charge >= 0.3 is 0 Å². The van der Waals surface area contributed by atoms with Crippen molar-refractivity contribution in [1.29, 1.82) is 1.43 Å². The predicted octanol–water partition coefficient (Wildman–Crippen LogP) is 3.78. The predicted molar refractivity (Wildman–Crippen MR) is 68.2 cm³/mol. The van der Waals surface area contributed by atoms with Gasteiger partial charge in [-0.15, -0.1) is 0 Å². The van der Waals surface area contributed by atoms with E-state index in [1.165, 1.54) is 0 Å². The number of rotatable bonds is 2. The molecule has 1 nitrogen and oxygen atoms in total. The van der Waals surface area contributed by atoms with Crippen molar-refractivity contribution in [2.75, 3.05) is 0 Å². The zero-order chi connectivity index (χ0) is 34.4. The van der Waals surface area contributed by atoms with Gasteiger partial charge in [-0.1, -0.05) is 32.2 Å². The first-order chi connectivity index (χ1) is 17.8. The average Bonchev–Trinajstić information content (AvgIpc) is 2.72. The molecule has 1 saturated carbocycles. The molecule has 0 spiro atoms. The summed E-state index contributed by atoms with van der Waals surface area (Å²) in [7, 11) is 0. The van der Waals surface area contributed by atoms with Gasteiger partial charge in [0.1, 0.15) is 0 Å². The van der Waals surface area contributed by atoms with Gasteiger partial charge in [0.2, 0.25) is 1.43 Å². The van der Waals surface area contributed by atoms with Crippen LogP contribution in [0.25, 0.3) is 0 Å². The van der Waals surface area contributed by atoms with E-state index in [1.807, 2.05) is 0 Å². The molecule has 2 rings (SSSR count). The van der Waals surface area contributed by atoms with Crippen LogP contribution >= 0.6 is 0 Å². The average molecular weight is 249 g/mol. The standard InChI is InChI=1S/C15H26O/c1-10(2)13-6-5-12(4)15(16)8-7-11(3)9-14(13)15/h9-10,12-14,16H,5-8H2,1-4H3/t12-,13+,14-,15-/m1/s1/i1D3,2D3,3D3,4D3,5D2,6D2,7D2,8D2,9D,10D,12D,13D,14D,16D. The van der Waals surface area contributed by atoms with Gasteiger partial charge < -0.3 is 5.11 Å². The van der Waals surface area contributed by atoms with Gasteiger partial charge in [0.25, 0.3) is 0 Å². The number of hydrogen-bond acceptors (Lipinski definition) is 1. The Bertz CT molecular complexity index is 1140. The highest BCUT2D eigenvalue weighted by Gasteiger charge is 2.49. The maximum absolute atomic E-state index is 9.28. The van der Waals surface area contributed by atoms with Crippen molar-refractivity contribution in [2.45, 2.75) is 58.5 Å². The van der Waals surface area contributed by atoms with E-state index in [4.69, 9.17) is 34.3 Å². The quantitative estimate of drug-likeness (QED) is 0.738. The van der Waals surface area contributed by atoms with Gasteiger partial charge in [-0.3, -0.25) is 0 Å². The molecule has 0 heterocycles. The lowest BCUT2D eigenvalue weighted by Gasteiger charge is -2.51. The molecule has 2 aliphatic rings. The van der Waals surface area contributed by atoms with E-state index in [2.05, 4.69) is 5.11 Å². The molecule has 1 N–H and O–H groups in total. The zero-order valence-electron chi connectivity index (χ0n) is 33.9. The Morgan fingerprint density at radius 2 is 2.75 bits per heavy atom. The van der Waals surface area contributed by atoms with Crippen molar-refractivity contribution in [3.8, 4) is 0 Å². The van der Waals surface area contributed by atoms with Crippen molar-refractivity contribution in [2.24, 2.45) is 23.6 Å². The molecular formula is C15H26O. The molecule has 0 aromatic rings.